The number of carbonyl (C=O) groups excluding carboxylic acids is 4. The quantitative estimate of drug-likeness (QED) is 0.174. The second-order valence-corrected chi connectivity index (χ2v) is 11.3. The first-order valence-electron chi connectivity index (χ1n) is 12.7. The Morgan fingerprint density at radius 3 is 2.40 bits per heavy atom. The van der Waals surface area contributed by atoms with Crippen LogP contribution >= 0.6 is 0 Å². The number of anilines is 1. The van der Waals surface area contributed by atoms with Crippen molar-refractivity contribution >= 4 is 44.4 Å². The molecule has 218 valence electrons. The number of benzene rings is 2. The van der Waals surface area contributed by atoms with Gasteiger partial charge in [0.1, 0.15) is 5.69 Å². The van der Waals surface area contributed by atoms with Crippen LogP contribution in [0.25, 0.3) is 0 Å². The van der Waals surface area contributed by atoms with E-state index < -0.39 is 34.0 Å². The van der Waals surface area contributed by atoms with Gasteiger partial charge in [-0.3, -0.25) is 33.6 Å². The van der Waals surface area contributed by atoms with Crippen LogP contribution in [0.15, 0.2) is 84.0 Å². The number of nitrogens with one attached hydrogen (secondary N) is 3. The number of hydrogen-bond acceptors (Lipinski definition) is 7. The molecule has 0 radical (unpaired) electrons. The monoisotopic (exact) mass is 597 g/mol. The Morgan fingerprint density at radius 1 is 0.953 bits per heavy atom. The maximum absolute atomic E-state index is 13.8. The topological polar surface area (TPSA) is 178 Å². The number of nitrogens with zero attached hydrogens (tertiary/aromatic N) is 3. The summed E-state index contributed by atoms with van der Waals surface area (Å²) in [5, 5.41) is 10.0. The maximum Gasteiger partial charge on any atom is 0.273 e. The molecule has 5 N–H and O–H groups in total. The van der Waals surface area contributed by atoms with Crippen LogP contribution in [0.4, 0.5) is 5.69 Å². The van der Waals surface area contributed by atoms with Crippen LogP contribution in [0.2, 0.25) is 0 Å². The van der Waals surface area contributed by atoms with Gasteiger partial charge in [-0.2, -0.15) is 5.10 Å². The van der Waals surface area contributed by atoms with Gasteiger partial charge >= 0.3 is 0 Å². The smallest absolute Gasteiger partial charge is 0.273 e. The zero-order chi connectivity index (χ0) is 31.0. The first kappa shape index (κ1) is 30.2. The Balaban J connectivity index is 1.53. The summed E-state index contributed by atoms with van der Waals surface area (Å²) in [4.78, 5) is 53.4. The van der Waals surface area contributed by atoms with Crippen LogP contribution in [-0.4, -0.2) is 54.5 Å². The lowest BCUT2D eigenvalue weighted by Crippen LogP contribution is -2.39. The summed E-state index contributed by atoms with van der Waals surface area (Å²) in [5.74, 6) is 3.20. The van der Waals surface area contributed by atoms with E-state index in [1.165, 1.54) is 35.3 Å². The second kappa shape index (κ2) is 13.3. The molecule has 2 aromatic heterocycles. The molecule has 0 aliphatic heterocycles. The molecule has 0 saturated heterocycles. The molecular weight excluding hydrogens is 570 g/mol. The molecule has 1 atom stereocenters. The summed E-state index contributed by atoms with van der Waals surface area (Å²) in [6.45, 7) is 1.34. The highest BCUT2D eigenvalue weighted by molar-refractivity contribution is 8.01. The first-order valence-corrected chi connectivity index (χ1v) is 14.4. The van der Waals surface area contributed by atoms with E-state index in [1.54, 1.807) is 62.5 Å². The molecule has 4 amide bonds. The Labute approximate surface area is 247 Å². The van der Waals surface area contributed by atoms with Crippen molar-refractivity contribution in [3.8, 4) is 11.8 Å². The Hall–Kier alpha value is -5.74. The van der Waals surface area contributed by atoms with Crippen LogP contribution in [0, 0.1) is 18.8 Å². The normalized spacial score (nSPS) is 11.7. The zero-order valence-electron chi connectivity index (χ0n) is 23.2. The number of amides is 4. The highest BCUT2D eigenvalue weighted by Crippen LogP contribution is 2.14. The van der Waals surface area contributed by atoms with Crippen molar-refractivity contribution in [2.75, 3.05) is 11.9 Å². The van der Waals surface area contributed by atoms with Gasteiger partial charge in [0.05, 0.1) is 37.8 Å². The summed E-state index contributed by atoms with van der Waals surface area (Å²) in [5.41, 5.74) is 7.76. The van der Waals surface area contributed by atoms with E-state index in [0.717, 1.165) is 11.1 Å². The minimum atomic E-state index is -3.56. The molecule has 12 nitrogen and oxygen atoms in total. The lowest BCUT2D eigenvalue weighted by molar-refractivity contribution is -0.121. The lowest BCUT2D eigenvalue weighted by Gasteiger charge is -2.13. The highest BCUT2D eigenvalue weighted by Gasteiger charge is 2.19. The fourth-order valence-corrected chi connectivity index (χ4v) is 5.46. The van der Waals surface area contributed by atoms with Gasteiger partial charge in [-0.05, 0) is 49.4 Å². The fourth-order valence-electron chi connectivity index (χ4n) is 3.81. The number of rotatable bonds is 8. The predicted octanol–water partition coefficient (Wildman–Crippen LogP) is 1.17. The molecule has 4 rings (SSSR count). The average Bonchev–Trinajstić information content (AvgIpc) is 3.33. The number of hydrogen-bond donors (Lipinski definition) is 4. The summed E-state index contributed by atoms with van der Waals surface area (Å²) < 4.78 is 17.7. The van der Waals surface area contributed by atoms with Gasteiger partial charge in [0.25, 0.3) is 17.7 Å². The second-order valence-electron chi connectivity index (χ2n) is 9.19. The van der Waals surface area contributed by atoms with Crippen LogP contribution in [-0.2, 0) is 26.3 Å². The third-order valence-electron chi connectivity index (χ3n) is 5.75. The van der Waals surface area contributed by atoms with Crippen LogP contribution in [0.5, 0.6) is 0 Å². The molecule has 4 aromatic rings. The van der Waals surface area contributed by atoms with Gasteiger partial charge in [-0.25, -0.2) is 4.21 Å². The largest absolute Gasteiger partial charge is 0.368 e. The average molecular weight is 598 g/mol. The van der Waals surface area contributed by atoms with E-state index in [2.05, 4.69) is 37.3 Å². The van der Waals surface area contributed by atoms with E-state index in [4.69, 9.17) is 5.73 Å². The molecule has 43 heavy (non-hydrogen) atoms. The Bertz CT molecular complexity index is 1900. The number of carbonyl (C=O) groups is 4. The van der Waals surface area contributed by atoms with Gasteiger partial charge in [0.2, 0.25) is 5.91 Å². The van der Waals surface area contributed by atoms with Crippen molar-refractivity contribution in [2.24, 2.45) is 12.8 Å². The molecule has 0 saturated carbocycles. The molecule has 13 heteroatoms. The summed E-state index contributed by atoms with van der Waals surface area (Å²) in [7, 11) is -1.87. The SMILES string of the molecule is Cc1cc(C(=O)Nc2cccc(C#Cc3cncc(C(=O)NS(=O)(=CC(=O)NCC(N)=O)c4ccccc4)c3)c2)n(C)n1. The molecular formula is C30H27N7O5S. The summed E-state index contributed by atoms with van der Waals surface area (Å²) >= 11 is 0. The number of pyridine rings is 1. The third kappa shape index (κ3) is 8.15. The van der Waals surface area contributed by atoms with Crippen LogP contribution < -0.4 is 21.1 Å². The summed E-state index contributed by atoms with van der Waals surface area (Å²) in [6.07, 6.45) is 2.73. The molecule has 2 aromatic carbocycles. The minimum Gasteiger partial charge on any atom is -0.368 e. The molecule has 2 heterocycles. The minimum absolute atomic E-state index is 0.0499. The van der Waals surface area contributed by atoms with Crippen molar-refractivity contribution < 1.29 is 23.4 Å². The van der Waals surface area contributed by atoms with Crippen molar-refractivity contribution in [1.82, 2.24) is 24.8 Å². The van der Waals surface area contributed by atoms with Gasteiger partial charge in [0.15, 0.2) is 0 Å². The maximum atomic E-state index is 13.8. The highest BCUT2D eigenvalue weighted by atomic mass is 32.2. The van der Waals surface area contributed by atoms with E-state index in [-0.39, 0.29) is 16.4 Å². The van der Waals surface area contributed by atoms with E-state index in [9.17, 15) is 23.4 Å². The molecule has 0 fully saturated rings. The molecule has 0 aliphatic rings. The molecule has 1 unspecified atom stereocenters. The first-order chi connectivity index (χ1) is 20.5. The van der Waals surface area contributed by atoms with Crippen molar-refractivity contribution in [2.45, 2.75) is 11.8 Å². The van der Waals surface area contributed by atoms with Gasteiger partial charge in [0, 0.05) is 36.3 Å². The van der Waals surface area contributed by atoms with E-state index >= 15 is 0 Å². The number of primary amides is 1. The molecule has 0 aliphatic carbocycles. The Kier molecular flexibility index (Phi) is 9.34. The standard InChI is InChI=1S/C30H27N7O5S/c1-20-13-26(37(2)35-20)30(41)34-24-8-6-7-21(15-24)11-12-22-14-23(17-32-16-22)29(40)36-43(42,25-9-4-3-5-10-25)19-28(39)33-18-27(31)38/h3-10,13-17,19H,18H2,1-2H3,(H2,31,38)(H,33,39)(H,34,41)(H,36,40,42). The number of nitrogens with two attached hydrogens (primary N) is 1. The van der Waals surface area contributed by atoms with Crippen LogP contribution in [0.3, 0.4) is 0 Å². The van der Waals surface area contributed by atoms with Gasteiger partial charge in [-0.15, -0.1) is 0 Å². The third-order valence-corrected chi connectivity index (χ3v) is 7.76. The summed E-state index contributed by atoms with van der Waals surface area (Å²) in [6, 6.07) is 18.0. The molecule has 0 bridgehead atoms. The molecule has 0 spiro atoms. The van der Waals surface area contributed by atoms with Crippen molar-refractivity contribution in [1.29, 1.82) is 0 Å². The van der Waals surface area contributed by atoms with Gasteiger partial charge in [-0.1, -0.05) is 36.1 Å². The predicted molar refractivity (Wildman–Crippen MR) is 161 cm³/mol. The van der Waals surface area contributed by atoms with E-state index in [1.807, 2.05) is 0 Å². The van der Waals surface area contributed by atoms with Gasteiger partial charge < -0.3 is 16.4 Å². The zero-order valence-corrected chi connectivity index (χ0v) is 24.0. The lowest BCUT2D eigenvalue weighted by atomic mass is 10.1. The Morgan fingerprint density at radius 2 is 1.70 bits per heavy atom. The van der Waals surface area contributed by atoms with Crippen molar-refractivity contribution in [3.05, 3.63) is 107 Å². The van der Waals surface area contributed by atoms with E-state index in [0.29, 0.717) is 22.5 Å². The number of aryl methyl sites for hydroxylation is 2. The number of aromatic nitrogens is 3. The fraction of sp³-hybridized carbons (Fsp3) is 0.100. The van der Waals surface area contributed by atoms with Crippen molar-refractivity contribution in [3.63, 3.8) is 0 Å². The van der Waals surface area contributed by atoms with Crippen LogP contribution in [0.1, 0.15) is 37.7 Å².